The van der Waals surface area contributed by atoms with Crippen LogP contribution in [0.15, 0.2) is 16.6 Å². The molecule has 0 amide bonds. The molecule has 7 heteroatoms. The van der Waals surface area contributed by atoms with Gasteiger partial charge in [0, 0.05) is 10.0 Å². The third kappa shape index (κ3) is 3.13. The van der Waals surface area contributed by atoms with Gasteiger partial charge in [0.05, 0.1) is 0 Å². The van der Waals surface area contributed by atoms with E-state index in [9.17, 15) is 18.3 Å². The lowest BCUT2D eigenvalue weighted by atomic mass is 9.75. The van der Waals surface area contributed by atoms with Crippen molar-refractivity contribution in [3.8, 4) is 11.5 Å². The van der Waals surface area contributed by atoms with Crippen molar-refractivity contribution in [3.63, 3.8) is 0 Å². The first-order valence-corrected chi connectivity index (χ1v) is 7.12. The Morgan fingerprint density at radius 2 is 1.81 bits per heavy atom. The van der Waals surface area contributed by atoms with Gasteiger partial charge in [-0.05, 0) is 30.9 Å². The van der Waals surface area contributed by atoms with Crippen molar-refractivity contribution >= 4 is 15.9 Å². The lowest BCUT2D eigenvalue weighted by Gasteiger charge is -2.35. The van der Waals surface area contributed by atoms with E-state index < -0.39 is 23.6 Å². The second-order valence-electron chi connectivity index (χ2n) is 6.02. The number of ether oxygens (including phenoxy) is 2. The Morgan fingerprint density at radius 3 is 2.38 bits per heavy atom. The summed E-state index contributed by atoms with van der Waals surface area (Å²) < 4.78 is 50.1. The zero-order chi connectivity index (χ0) is 16.1. The average Bonchev–Trinajstić information content (AvgIpc) is 2.72. The maximum atomic E-state index is 12.9. The van der Waals surface area contributed by atoms with E-state index in [4.69, 9.17) is 9.47 Å². The van der Waals surface area contributed by atoms with Gasteiger partial charge >= 0.3 is 6.18 Å². The van der Waals surface area contributed by atoms with Crippen LogP contribution in [0.4, 0.5) is 13.2 Å². The van der Waals surface area contributed by atoms with Crippen molar-refractivity contribution in [2.75, 3.05) is 6.79 Å². The molecule has 0 saturated heterocycles. The van der Waals surface area contributed by atoms with E-state index in [-0.39, 0.29) is 6.79 Å². The highest BCUT2D eigenvalue weighted by molar-refractivity contribution is 9.10. The van der Waals surface area contributed by atoms with Crippen molar-refractivity contribution in [2.24, 2.45) is 0 Å². The zero-order valence-electron chi connectivity index (χ0n) is 11.8. The highest BCUT2D eigenvalue weighted by Gasteiger charge is 2.52. The second-order valence-corrected chi connectivity index (χ2v) is 6.94. The van der Waals surface area contributed by atoms with E-state index in [0.717, 1.165) is 6.92 Å². The first-order valence-electron chi connectivity index (χ1n) is 6.33. The van der Waals surface area contributed by atoms with Crippen molar-refractivity contribution < 1.29 is 27.8 Å². The number of fused-ring (bicyclic) bond motifs is 1. The molecule has 0 radical (unpaired) electrons. The molecule has 0 fully saturated rings. The Bertz CT molecular complexity index is 553. The molecule has 1 N–H and O–H groups in total. The molecule has 1 aliphatic rings. The van der Waals surface area contributed by atoms with Gasteiger partial charge in [-0.1, -0.05) is 29.8 Å². The molecule has 0 saturated carbocycles. The van der Waals surface area contributed by atoms with E-state index in [1.165, 1.54) is 0 Å². The number of hydrogen-bond donors (Lipinski definition) is 1. The van der Waals surface area contributed by atoms with Crippen LogP contribution in [0.5, 0.6) is 11.5 Å². The quantitative estimate of drug-likeness (QED) is 0.870. The first-order chi connectivity index (χ1) is 9.44. The number of aliphatic hydroxyl groups is 1. The molecule has 1 unspecified atom stereocenters. The van der Waals surface area contributed by atoms with Crippen molar-refractivity contribution in [2.45, 2.75) is 44.4 Å². The molecule has 0 bridgehead atoms. The van der Waals surface area contributed by atoms with Gasteiger partial charge in [-0.2, -0.15) is 13.2 Å². The maximum absolute atomic E-state index is 12.9. The third-order valence-corrected chi connectivity index (χ3v) is 4.02. The van der Waals surface area contributed by atoms with Gasteiger partial charge in [-0.25, -0.2) is 0 Å². The minimum Gasteiger partial charge on any atom is -0.454 e. The molecule has 0 aromatic heterocycles. The number of rotatable bonds is 3. The summed E-state index contributed by atoms with van der Waals surface area (Å²) in [6.45, 7) is 4.09. The number of alkyl halides is 3. The van der Waals surface area contributed by atoms with Gasteiger partial charge in [0.15, 0.2) is 17.1 Å². The van der Waals surface area contributed by atoms with Gasteiger partial charge in [0.1, 0.15) is 0 Å². The molecular weight excluding hydrogens is 353 g/mol. The number of halogens is 4. The Morgan fingerprint density at radius 1 is 1.19 bits per heavy atom. The van der Waals surface area contributed by atoms with E-state index in [1.54, 1.807) is 26.0 Å². The van der Waals surface area contributed by atoms with Crippen LogP contribution in [-0.2, 0) is 5.41 Å². The fourth-order valence-electron chi connectivity index (χ4n) is 2.54. The molecule has 0 spiro atoms. The van der Waals surface area contributed by atoms with Crippen LogP contribution in [0.2, 0.25) is 0 Å². The van der Waals surface area contributed by atoms with Crippen LogP contribution >= 0.6 is 15.9 Å². The monoisotopic (exact) mass is 368 g/mol. The fourth-order valence-corrected chi connectivity index (χ4v) is 2.97. The molecular formula is C14H16BrF3O3. The van der Waals surface area contributed by atoms with Gasteiger partial charge in [0.2, 0.25) is 6.79 Å². The highest BCUT2D eigenvalue weighted by Crippen LogP contribution is 2.48. The molecule has 3 nitrogen and oxygen atoms in total. The summed E-state index contributed by atoms with van der Waals surface area (Å²) in [5, 5.41) is 9.76. The molecule has 2 rings (SSSR count). The van der Waals surface area contributed by atoms with E-state index in [0.29, 0.717) is 21.5 Å². The summed E-state index contributed by atoms with van der Waals surface area (Å²) >= 11 is 3.31. The molecule has 21 heavy (non-hydrogen) atoms. The fraction of sp³-hybridized carbons (Fsp3) is 0.571. The zero-order valence-corrected chi connectivity index (χ0v) is 13.4. The Balaban J connectivity index is 2.41. The van der Waals surface area contributed by atoms with Crippen molar-refractivity contribution in [3.05, 3.63) is 22.2 Å². The summed E-state index contributed by atoms with van der Waals surface area (Å²) in [4.78, 5) is 0. The number of hydrogen-bond acceptors (Lipinski definition) is 3. The van der Waals surface area contributed by atoms with E-state index >= 15 is 0 Å². The Kier molecular flexibility index (Phi) is 3.95. The van der Waals surface area contributed by atoms with Crippen LogP contribution < -0.4 is 9.47 Å². The summed E-state index contributed by atoms with van der Waals surface area (Å²) in [5.74, 6) is 0.917. The summed E-state index contributed by atoms with van der Waals surface area (Å²) in [6, 6.07) is 3.39. The molecule has 1 aromatic carbocycles. The van der Waals surface area contributed by atoms with Crippen LogP contribution in [0.25, 0.3) is 0 Å². The number of benzene rings is 1. The molecule has 118 valence electrons. The van der Waals surface area contributed by atoms with Gasteiger partial charge in [0.25, 0.3) is 0 Å². The standard InChI is InChI=1S/C14H16BrF3O3/c1-12(2,6-13(3,19)14(16,17)18)9-4-8(15)5-10-11(9)21-7-20-10/h4-5,19H,6-7H2,1-3H3. The molecule has 1 aromatic rings. The summed E-state index contributed by atoms with van der Waals surface area (Å²) in [6.07, 6.45) is -5.19. The third-order valence-electron chi connectivity index (χ3n) is 3.56. The highest BCUT2D eigenvalue weighted by atomic mass is 79.9. The van der Waals surface area contributed by atoms with Gasteiger partial charge in [-0.15, -0.1) is 0 Å². The van der Waals surface area contributed by atoms with E-state index in [2.05, 4.69) is 15.9 Å². The summed E-state index contributed by atoms with van der Waals surface area (Å²) in [7, 11) is 0. The molecule has 0 aliphatic carbocycles. The lowest BCUT2D eigenvalue weighted by molar-refractivity contribution is -0.259. The van der Waals surface area contributed by atoms with Crippen LogP contribution in [0.3, 0.4) is 0 Å². The largest absolute Gasteiger partial charge is 0.454 e. The van der Waals surface area contributed by atoms with Crippen molar-refractivity contribution in [1.29, 1.82) is 0 Å². The Hall–Kier alpha value is -0.950. The van der Waals surface area contributed by atoms with E-state index in [1.807, 2.05) is 0 Å². The minimum absolute atomic E-state index is 0.0323. The maximum Gasteiger partial charge on any atom is 0.416 e. The molecule has 1 aliphatic heterocycles. The normalized spacial score (nSPS) is 17.7. The predicted octanol–water partition coefficient (Wildman–Crippen LogP) is 4.16. The SMILES string of the molecule is CC(C)(CC(C)(O)C(F)(F)F)c1cc(Br)cc2c1OCO2. The predicted molar refractivity (Wildman–Crippen MR) is 74.6 cm³/mol. The van der Waals surface area contributed by atoms with Crippen LogP contribution in [-0.4, -0.2) is 23.7 Å². The molecule has 1 heterocycles. The topological polar surface area (TPSA) is 38.7 Å². The smallest absolute Gasteiger partial charge is 0.416 e. The van der Waals surface area contributed by atoms with Crippen LogP contribution in [0, 0.1) is 0 Å². The van der Waals surface area contributed by atoms with Crippen molar-refractivity contribution in [1.82, 2.24) is 0 Å². The first kappa shape index (κ1) is 16.4. The minimum atomic E-state index is -4.70. The lowest BCUT2D eigenvalue weighted by Crippen LogP contribution is -2.46. The van der Waals surface area contributed by atoms with Crippen LogP contribution in [0.1, 0.15) is 32.8 Å². The average molecular weight is 369 g/mol. The Labute approximate surface area is 129 Å². The second kappa shape index (κ2) is 5.05. The van der Waals surface area contributed by atoms with Gasteiger partial charge < -0.3 is 14.6 Å². The van der Waals surface area contributed by atoms with Gasteiger partial charge in [-0.3, -0.25) is 0 Å². The summed E-state index contributed by atoms with van der Waals surface area (Å²) in [5.41, 5.74) is -3.18. The molecule has 1 atom stereocenters.